The molecule has 1 saturated carbocycles. The minimum absolute atomic E-state index is 0.128. The molecule has 2 N–H and O–H groups in total. The molecule has 3 nitrogen and oxygen atoms in total. The van der Waals surface area contributed by atoms with Crippen molar-refractivity contribution in [2.75, 3.05) is 32.7 Å². The maximum absolute atomic E-state index is 9.93. The molecule has 0 bridgehead atoms. The van der Waals surface area contributed by atoms with Crippen LogP contribution in [0.5, 0.6) is 0 Å². The van der Waals surface area contributed by atoms with E-state index >= 15 is 0 Å². The van der Waals surface area contributed by atoms with Gasteiger partial charge in [-0.15, -0.1) is 0 Å². The monoisotopic (exact) mass is 240 g/mol. The van der Waals surface area contributed by atoms with Gasteiger partial charge in [-0.2, -0.15) is 0 Å². The summed E-state index contributed by atoms with van der Waals surface area (Å²) in [5, 5.41) is 13.3. The maximum Gasteiger partial charge on any atom is 0.0667 e. The van der Waals surface area contributed by atoms with Crippen LogP contribution in [0.15, 0.2) is 0 Å². The molecule has 0 aromatic heterocycles. The zero-order chi connectivity index (χ0) is 11.9. The lowest BCUT2D eigenvalue weighted by molar-refractivity contribution is 0.140. The number of hydrogen-bond donors (Lipinski definition) is 2. The fourth-order valence-corrected chi connectivity index (χ4v) is 3.23. The molecule has 2 rings (SSSR count). The summed E-state index contributed by atoms with van der Waals surface area (Å²) in [6.45, 7) is 5.50. The van der Waals surface area contributed by atoms with Crippen molar-refractivity contribution in [2.24, 2.45) is 5.92 Å². The van der Waals surface area contributed by atoms with Crippen molar-refractivity contribution in [1.82, 2.24) is 10.2 Å². The smallest absolute Gasteiger partial charge is 0.0667 e. The first-order chi connectivity index (χ1) is 8.34. The van der Waals surface area contributed by atoms with E-state index in [1.807, 2.05) is 0 Å². The normalized spacial score (nSPS) is 24.5. The zero-order valence-electron chi connectivity index (χ0n) is 11.0. The van der Waals surface area contributed by atoms with Crippen molar-refractivity contribution >= 4 is 0 Å². The van der Waals surface area contributed by atoms with E-state index in [0.717, 1.165) is 32.0 Å². The molecule has 1 heterocycles. The van der Waals surface area contributed by atoms with E-state index in [9.17, 15) is 5.11 Å². The molecule has 0 aromatic carbocycles. The van der Waals surface area contributed by atoms with Gasteiger partial charge < -0.3 is 15.3 Å². The van der Waals surface area contributed by atoms with E-state index in [1.165, 1.54) is 51.6 Å². The van der Waals surface area contributed by atoms with Crippen molar-refractivity contribution in [1.29, 1.82) is 0 Å². The fourth-order valence-electron chi connectivity index (χ4n) is 3.23. The topological polar surface area (TPSA) is 35.5 Å². The van der Waals surface area contributed by atoms with Crippen molar-refractivity contribution in [3.05, 3.63) is 0 Å². The molecule has 100 valence electrons. The molecule has 2 fully saturated rings. The number of aliphatic hydroxyl groups is 1. The molecular formula is C14H28N2O. The molecular weight excluding hydrogens is 212 g/mol. The Kier molecular flexibility index (Phi) is 5.75. The molecule has 0 amide bonds. The molecule has 1 saturated heterocycles. The summed E-state index contributed by atoms with van der Waals surface area (Å²) in [4.78, 5) is 2.51. The van der Waals surface area contributed by atoms with E-state index in [-0.39, 0.29) is 6.10 Å². The van der Waals surface area contributed by atoms with Gasteiger partial charge in [-0.1, -0.05) is 25.7 Å². The Bertz CT molecular complexity index is 198. The predicted molar refractivity (Wildman–Crippen MR) is 71.1 cm³/mol. The van der Waals surface area contributed by atoms with E-state index < -0.39 is 0 Å². The Morgan fingerprint density at radius 3 is 2.53 bits per heavy atom. The van der Waals surface area contributed by atoms with Crippen molar-refractivity contribution in [2.45, 2.75) is 51.0 Å². The first-order valence-corrected chi connectivity index (χ1v) is 7.46. The van der Waals surface area contributed by atoms with E-state index in [0.29, 0.717) is 0 Å². The Balaban J connectivity index is 1.46. The van der Waals surface area contributed by atoms with Crippen LogP contribution in [0, 0.1) is 5.92 Å². The van der Waals surface area contributed by atoms with Gasteiger partial charge in [-0.05, 0) is 38.3 Å². The van der Waals surface area contributed by atoms with Crippen LogP contribution in [0.3, 0.4) is 0 Å². The second kappa shape index (κ2) is 7.34. The summed E-state index contributed by atoms with van der Waals surface area (Å²) in [7, 11) is 0. The van der Waals surface area contributed by atoms with Gasteiger partial charge in [0.25, 0.3) is 0 Å². The van der Waals surface area contributed by atoms with Gasteiger partial charge in [0.1, 0.15) is 0 Å². The number of aliphatic hydroxyl groups excluding tert-OH is 1. The summed E-state index contributed by atoms with van der Waals surface area (Å²) in [5.41, 5.74) is 0. The SMILES string of the molecule is OC(CNCCN1CCCC1)CC1CCCC1. The highest BCUT2D eigenvalue weighted by Gasteiger charge is 2.18. The van der Waals surface area contributed by atoms with Crippen LogP contribution in [-0.4, -0.2) is 48.8 Å². The van der Waals surface area contributed by atoms with Gasteiger partial charge in [0.15, 0.2) is 0 Å². The summed E-state index contributed by atoms with van der Waals surface area (Å²) in [6, 6.07) is 0. The minimum atomic E-state index is -0.128. The average molecular weight is 240 g/mol. The van der Waals surface area contributed by atoms with E-state index in [2.05, 4.69) is 10.2 Å². The third-order valence-corrected chi connectivity index (χ3v) is 4.26. The van der Waals surface area contributed by atoms with Gasteiger partial charge in [-0.25, -0.2) is 0 Å². The first kappa shape index (κ1) is 13.3. The van der Waals surface area contributed by atoms with Crippen LogP contribution < -0.4 is 5.32 Å². The Labute approximate surface area is 106 Å². The van der Waals surface area contributed by atoms with Gasteiger partial charge in [-0.3, -0.25) is 0 Å². The Hall–Kier alpha value is -0.120. The number of likely N-dealkylation sites (tertiary alicyclic amines) is 1. The molecule has 0 radical (unpaired) electrons. The molecule has 2 aliphatic rings. The Morgan fingerprint density at radius 2 is 1.82 bits per heavy atom. The third kappa shape index (κ3) is 4.94. The highest BCUT2D eigenvalue weighted by molar-refractivity contribution is 4.73. The van der Waals surface area contributed by atoms with Gasteiger partial charge in [0, 0.05) is 19.6 Å². The van der Waals surface area contributed by atoms with Crippen molar-refractivity contribution < 1.29 is 5.11 Å². The van der Waals surface area contributed by atoms with Crippen LogP contribution in [-0.2, 0) is 0 Å². The average Bonchev–Trinajstić information content (AvgIpc) is 2.96. The lowest BCUT2D eigenvalue weighted by atomic mass is 10.0. The van der Waals surface area contributed by atoms with E-state index in [4.69, 9.17) is 0 Å². The number of nitrogens with one attached hydrogen (secondary N) is 1. The van der Waals surface area contributed by atoms with Crippen molar-refractivity contribution in [3.8, 4) is 0 Å². The fraction of sp³-hybridized carbons (Fsp3) is 1.00. The summed E-state index contributed by atoms with van der Waals surface area (Å²) in [5.74, 6) is 0.797. The van der Waals surface area contributed by atoms with E-state index in [1.54, 1.807) is 0 Å². The van der Waals surface area contributed by atoms with Crippen LogP contribution in [0.4, 0.5) is 0 Å². The zero-order valence-corrected chi connectivity index (χ0v) is 11.0. The molecule has 1 unspecified atom stereocenters. The maximum atomic E-state index is 9.93. The number of nitrogens with zero attached hydrogens (tertiary/aromatic N) is 1. The van der Waals surface area contributed by atoms with Crippen LogP contribution >= 0.6 is 0 Å². The highest BCUT2D eigenvalue weighted by Crippen LogP contribution is 2.28. The number of hydrogen-bond acceptors (Lipinski definition) is 3. The third-order valence-electron chi connectivity index (χ3n) is 4.26. The van der Waals surface area contributed by atoms with Gasteiger partial charge in [0.05, 0.1) is 6.10 Å². The highest BCUT2D eigenvalue weighted by atomic mass is 16.3. The molecule has 1 aliphatic carbocycles. The van der Waals surface area contributed by atoms with Gasteiger partial charge >= 0.3 is 0 Å². The second-order valence-corrected chi connectivity index (χ2v) is 5.79. The molecule has 3 heteroatoms. The first-order valence-electron chi connectivity index (χ1n) is 7.46. The van der Waals surface area contributed by atoms with Crippen LogP contribution in [0.1, 0.15) is 44.9 Å². The summed E-state index contributed by atoms with van der Waals surface area (Å²) < 4.78 is 0. The predicted octanol–water partition coefficient (Wildman–Crippen LogP) is 1.61. The molecule has 0 aromatic rings. The molecule has 1 aliphatic heterocycles. The Morgan fingerprint density at radius 1 is 1.12 bits per heavy atom. The molecule has 1 atom stereocenters. The summed E-state index contributed by atoms with van der Waals surface area (Å²) >= 11 is 0. The van der Waals surface area contributed by atoms with Crippen LogP contribution in [0.25, 0.3) is 0 Å². The van der Waals surface area contributed by atoms with Gasteiger partial charge in [0.2, 0.25) is 0 Å². The van der Waals surface area contributed by atoms with Crippen molar-refractivity contribution in [3.63, 3.8) is 0 Å². The summed E-state index contributed by atoms with van der Waals surface area (Å²) in [6.07, 6.45) is 9.04. The lowest BCUT2D eigenvalue weighted by Crippen LogP contribution is -2.34. The quantitative estimate of drug-likeness (QED) is 0.664. The second-order valence-electron chi connectivity index (χ2n) is 5.79. The largest absolute Gasteiger partial charge is 0.392 e. The number of rotatable bonds is 7. The molecule has 17 heavy (non-hydrogen) atoms. The molecule has 0 spiro atoms. The lowest BCUT2D eigenvalue weighted by Gasteiger charge is -2.18. The minimum Gasteiger partial charge on any atom is -0.392 e. The van der Waals surface area contributed by atoms with Crippen LogP contribution in [0.2, 0.25) is 0 Å². The standard InChI is InChI=1S/C14H28N2O/c17-14(11-13-5-1-2-6-13)12-15-7-10-16-8-3-4-9-16/h13-15,17H,1-12H2.